The lowest BCUT2D eigenvalue weighted by atomic mass is 10.2. The van der Waals surface area contributed by atoms with E-state index in [1.54, 1.807) is 72.8 Å². The lowest BCUT2D eigenvalue weighted by Gasteiger charge is -2.10. The average Bonchev–Trinajstić information content (AvgIpc) is 2.88. The van der Waals surface area contributed by atoms with Gasteiger partial charge in [-0.15, -0.1) is 0 Å². The number of hydrazone groups is 1. The van der Waals surface area contributed by atoms with Crippen LogP contribution in [0.15, 0.2) is 77.9 Å². The number of nitrogens with zero attached hydrogens (tertiary/aromatic N) is 1. The predicted molar refractivity (Wildman–Crippen MR) is 131 cm³/mol. The van der Waals surface area contributed by atoms with E-state index < -0.39 is 11.8 Å². The normalized spacial score (nSPS) is 10.3. The van der Waals surface area contributed by atoms with Crippen LogP contribution in [0.4, 0.5) is 11.4 Å². The first-order valence-corrected chi connectivity index (χ1v) is 10.4. The van der Waals surface area contributed by atoms with Crippen LogP contribution in [0.1, 0.15) is 5.56 Å². The highest BCUT2D eigenvalue weighted by Crippen LogP contribution is 2.18. The number of ether oxygens (including phenoxy) is 3. The summed E-state index contributed by atoms with van der Waals surface area (Å²) in [4.78, 5) is 36.3. The third-order valence-electron chi connectivity index (χ3n) is 4.56. The first kappa shape index (κ1) is 24.8. The third-order valence-corrected chi connectivity index (χ3v) is 4.56. The highest BCUT2D eigenvalue weighted by atomic mass is 16.5. The maximum absolute atomic E-state index is 12.2. The first-order valence-electron chi connectivity index (χ1n) is 10.4. The molecule has 35 heavy (non-hydrogen) atoms. The molecule has 0 radical (unpaired) electrons. The summed E-state index contributed by atoms with van der Waals surface area (Å²) < 4.78 is 15.8. The van der Waals surface area contributed by atoms with Crippen molar-refractivity contribution >= 4 is 35.3 Å². The van der Waals surface area contributed by atoms with Crippen LogP contribution >= 0.6 is 0 Å². The van der Waals surface area contributed by atoms with Gasteiger partial charge in [0.05, 0.1) is 20.4 Å². The number of anilines is 2. The lowest BCUT2D eigenvalue weighted by molar-refractivity contribution is -0.136. The van der Waals surface area contributed by atoms with Gasteiger partial charge >= 0.3 is 11.8 Å². The van der Waals surface area contributed by atoms with Gasteiger partial charge in [-0.25, -0.2) is 5.43 Å². The molecule has 180 valence electrons. The molecule has 0 aliphatic rings. The van der Waals surface area contributed by atoms with Gasteiger partial charge in [0.2, 0.25) is 0 Å². The Morgan fingerprint density at radius 3 is 2.29 bits per heavy atom. The van der Waals surface area contributed by atoms with Crippen LogP contribution in [-0.4, -0.2) is 44.8 Å². The van der Waals surface area contributed by atoms with Crippen molar-refractivity contribution in [1.82, 2.24) is 5.43 Å². The van der Waals surface area contributed by atoms with E-state index in [4.69, 9.17) is 14.2 Å². The van der Waals surface area contributed by atoms with Crippen molar-refractivity contribution in [2.45, 2.75) is 0 Å². The molecule has 3 aromatic carbocycles. The summed E-state index contributed by atoms with van der Waals surface area (Å²) in [6.45, 7) is -0.251. The van der Waals surface area contributed by atoms with Crippen molar-refractivity contribution in [3.63, 3.8) is 0 Å². The Balaban J connectivity index is 1.52. The van der Waals surface area contributed by atoms with Gasteiger partial charge in [-0.1, -0.05) is 18.2 Å². The molecule has 10 nitrogen and oxygen atoms in total. The van der Waals surface area contributed by atoms with Crippen LogP contribution in [0.5, 0.6) is 17.2 Å². The fourth-order valence-electron chi connectivity index (χ4n) is 2.83. The molecule has 0 aliphatic heterocycles. The van der Waals surface area contributed by atoms with E-state index >= 15 is 0 Å². The number of methoxy groups -OCH3 is 2. The molecule has 0 saturated carbocycles. The Kier molecular flexibility index (Phi) is 8.78. The van der Waals surface area contributed by atoms with Gasteiger partial charge in [0, 0.05) is 23.0 Å². The van der Waals surface area contributed by atoms with Crippen LogP contribution < -0.4 is 30.3 Å². The Morgan fingerprint density at radius 2 is 1.54 bits per heavy atom. The molecule has 3 aromatic rings. The minimum atomic E-state index is -0.951. The van der Waals surface area contributed by atoms with Crippen LogP contribution in [-0.2, 0) is 14.4 Å². The van der Waals surface area contributed by atoms with Crippen molar-refractivity contribution in [2.75, 3.05) is 31.5 Å². The second kappa shape index (κ2) is 12.4. The van der Waals surface area contributed by atoms with Gasteiger partial charge in [-0.05, 0) is 48.5 Å². The summed E-state index contributed by atoms with van der Waals surface area (Å²) in [5.74, 6) is -0.595. The minimum absolute atomic E-state index is 0.251. The van der Waals surface area contributed by atoms with Crippen LogP contribution in [0.2, 0.25) is 0 Å². The molecule has 3 N–H and O–H groups in total. The van der Waals surface area contributed by atoms with Crippen molar-refractivity contribution in [2.24, 2.45) is 5.10 Å². The molecule has 0 bridgehead atoms. The van der Waals surface area contributed by atoms with E-state index in [0.29, 0.717) is 34.2 Å². The van der Waals surface area contributed by atoms with Gasteiger partial charge in [0.1, 0.15) is 17.2 Å². The molecular formula is C25H24N4O6. The maximum atomic E-state index is 12.2. The van der Waals surface area contributed by atoms with E-state index in [2.05, 4.69) is 21.2 Å². The zero-order chi connectivity index (χ0) is 25.0. The summed E-state index contributed by atoms with van der Waals surface area (Å²) in [7, 11) is 3.07. The predicted octanol–water partition coefficient (Wildman–Crippen LogP) is 2.81. The summed E-state index contributed by atoms with van der Waals surface area (Å²) >= 11 is 0. The second-order valence-corrected chi connectivity index (χ2v) is 6.99. The molecule has 0 aromatic heterocycles. The van der Waals surface area contributed by atoms with Gasteiger partial charge in [0.25, 0.3) is 5.91 Å². The second-order valence-electron chi connectivity index (χ2n) is 6.99. The monoisotopic (exact) mass is 476 g/mol. The van der Waals surface area contributed by atoms with Crippen molar-refractivity contribution in [3.8, 4) is 17.2 Å². The number of hydrogen-bond acceptors (Lipinski definition) is 7. The highest BCUT2D eigenvalue weighted by Gasteiger charge is 2.13. The van der Waals surface area contributed by atoms with Crippen LogP contribution in [0.3, 0.4) is 0 Å². The van der Waals surface area contributed by atoms with Crippen LogP contribution in [0, 0.1) is 0 Å². The molecule has 3 amide bonds. The summed E-state index contributed by atoms with van der Waals surface area (Å²) in [5, 5.41) is 8.98. The molecule has 0 unspecified atom stereocenters. The quantitative estimate of drug-likeness (QED) is 0.248. The van der Waals surface area contributed by atoms with Crippen LogP contribution in [0.25, 0.3) is 0 Å². The SMILES string of the molecule is COc1ccc(NC(=O)C(=O)N/N=C\c2ccccc2OCC(=O)Nc2cccc(OC)c2)cc1. The Hall–Kier alpha value is -4.86. The molecule has 0 fully saturated rings. The zero-order valence-electron chi connectivity index (χ0n) is 19.1. The number of benzene rings is 3. The number of carbonyl (C=O) groups excluding carboxylic acids is 3. The number of nitrogens with one attached hydrogen (secondary N) is 3. The molecule has 0 saturated heterocycles. The zero-order valence-corrected chi connectivity index (χ0v) is 19.1. The molecule has 3 rings (SSSR count). The molecule has 0 aliphatic carbocycles. The van der Waals surface area contributed by atoms with Crippen molar-refractivity contribution < 1.29 is 28.6 Å². The molecule has 0 heterocycles. The number of hydrogen-bond donors (Lipinski definition) is 3. The van der Waals surface area contributed by atoms with Crippen molar-refractivity contribution in [3.05, 3.63) is 78.4 Å². The summed E-state index contributed by atoms with van der Waals surface area (Å²) in [6.07, 6.45) is 1.31. The Morgan fingerprint density at radius 1 is 0.800 bits per heavy atom. The fraction of sp³-hybridized carbons (Fsp3) is 0.120. The molecule has 10 heteroatoms. The van der Waals surface area contributed by atoms with Gasteiger partial charge in [-0.3, -0.25) is 14.4 Å². The number of rotatable bonds is 9. The van der Waals surface area contributed by atoms with Gasteiger partial charge in [-0.2, -0.15) is 5.10 Å². The number of para-hydroxylation sites is 1. The lowest BCUT2D eigenvalue weighted by Crippen LogP contribution is -2.32. The average molecular weight is 476 g/mol. The fourth-order valence-corrected chi connectivity index (χ4v) is 2.83. The van der Waals surface area contributed by atoms with Crippen molar-refractivity contribution in [1.29, 1.82) is 0 Å². The smallest absolute Gasteiger partial charge is 0.329 e. The van der Waals surface area contributed by atoms with E-state index in [9.17, 15) is 14.4 Å². The molecule has 0 spiro atoms. The van der Waals surface area contributed by atoms with E-state index in [1.165, 1.54) is 20.4 Å². The maximum Gasteiger partial charge on any atom is 0.329 e. The molecular weight excluding hydrogens is 452 g/mol. The van der Waals surface area contributed by atoms with E-state index in [0.717, 1.165) is 0 Å². The third kappa shape index (κ3) is 7.60. The van der Waals surface area contributed by atoms with E-state index in [-0.39, 0.29) is 12.5 Å². The summed E-state index contributed by atoms with van der Waals surface area (Å²) in [5.41, 5.74) is 3.66. The standard InChI is InChI=1S/C25H24N4O6/c1-33-20-12-10-18(11-13-20)28-24(31)25(32)29-26-15-17-6-3-4-9-22(17)35-16-23(30)27-19-7-5-8-21(14-19)34-2/h3-15H,16H2,1-2H3,(H,27,30)(H,28,31)(H,29,32)/b26-15-. The largest absolute Gasteiger partial charge is 0.497 e. The summed E-state index contributed by atoms with van der Waals surface area (Å²) in [6, 6.07) is 20.3. The topological polar surface area (TPSA) is 127 Å². The molecule has 0 atom stereocenters. The first-order chi connectivity index (χ1) is 17.0. The Labute approximate surface area is 201 Å². The minimum Gasteiger partial charge on any atom is -0.497 e. The van der Waals surface area contributed by atoms with Gasteiger partial charge < -0.3 is 24.8 Å². The Bertz CT molecular complexity index is 1210. The van der Waals surface area contributed by atoms with E-state index in [1.807, 2.05) is 0 Å². The number of amides is 3. The number of carbonyl (C=O) groups is 3. The highest BCUT2D eigenvalue weighted by molar-refractivity contribution is 6.39. The van der Waals surface area contributed by atoms with Gasteiger partial charge in [0.15, 0.2) is 6.61 Å².